The number of benzene rings is 1. The van der Waals surface area contributed by atoms with Crippen LogP contribution in [0.2, 0.25) is 0 Å². The van der Waals surface area contributed by atoms with Gasteiger partial charge in [-0.3, -0.25) is 4.79 Å². The molecule has 6 nitrogen and oxygen atoms in total. The Bertz CT molecular complexity index is 885. The molecule has 0 saturated carbocycles. The number of carbonyl (C=O) groups excluding carboxylic acids is 1. The summed E-state index contributed by atoms with van der Waals surface area (Å²) in [5.74, 6) is -0.426. The van der Waals surface area contributed by atoms with E-state index in [1.54, 1.807) is 6.07 Å². The van der Waals surface area contributed by atoms with E-state index in [1.165, 1.54) is 17.5 Å². The van der Waals surface area contributed by atoms with Gasteiger partial charge >= 0.3 is 0 Å². The lowest BCUT2D eigenvalue weighted by Gasteiger charge is -2.25. The van der Waals surface area contributed by atoms with Crippen molar-refractivity contribution in [1.82, 2.24) is 9.88 Å². The first-order valence-corrected chi connectivity index (χ1v) is 9.78. The summed E-state index contributed by atoms with van der Waals surface area (Å²) in [6.45, 7) is 4.21. The van der Waals surface area contributed by atoms with Crippen LogP contribution in [0, 0.1) is 0 Å². The largest absolute Gasteiger partial charge is 0.390 e. The first-order valence-electron chi connectivity index (χ1n) is 7.96. The van der Waals surface area contributed by atoms with Gasteiger partial charge in [0.2, 0.25) is 0 Å². The maximum Gasteiger partial charge on any atom is 0.270 e. The summed E-state index contributed by atoms with van der Waals surface area (Å²) in [7, 11) is -1.77. The van der Waals surface area contributed by atoms with Gasteiger partial charge in [-0.15, -0.1) is 0 Å². The van der Waals surface area contributed by atoms with Crippen LogP contribution in [-0.2, 0) is 9.84 Å². The van der Waals surface area contributed by atoms with E-state index in [9.17, 15) is 18.3 Å². The molecular weight excluding hydrogens is 328 g/mol. The molecule has 0 radical (unpaired) electrons. The van der Waals surface area contributed by atoms with Crippen LogP contribution in [0.25, 0.3) is 10.9 Å². The van der Waals surface area contributed by atoms with Crippen molar-refractivity contribution in [2.45, 2.75) is 31.9 Å². The van der Waals surface area contributed by atoms with E-state index in [4.69, 9.17) is 0 Å². The van der Waals surface area contributed by atoms with Crippen LogP contribution in [0.1, 0.15) is 35.8 Å². The van der Waals surface area contributed by atoms with Gasteiger partial charge in [0.15, 0.2) is 9.84 Å². The molecule has 0 bridgehead atoms. The maximum atomic E-state index is 12.7. The van der Waals surface area contributed by atoms with Gasteiger partial charge in [-0.05, 0) is 23.6 Å². The highest BCUT2D eigenvalue weighted by molar-refractivity contribution is 7.91. The fourth-order valence-corrected chi connectivity index (χ4v) is 4.98. The third-order valence-corrected chi connectivity index (χ3v) is 6.35. The number of sulfone groups is 1. The minimum atomic E-state index is -3.30. The summed E-state index contributed by atoms with van der Waals surface area (Å²) < 4.78 is 23.3. The number of nitrogens with one attached hydrogen (secondary N) is 1. The molecule has 0 aliphatic carbocycles. The molecular formula is C17H22N2O4S. The quantitative estimate of drug-likeness (QED) is 0.878. The number of likely N-dealkylation sites (N-methyl/N-ethyl adjacent to an activating group) is 1. The molecule has 2 atom stereocenters. The summed E-state index contributed by atoms with van der Waals surface area (Å²) in [4.78, 5) is 17.1. The average Bonchev–Trinajstić information content (AvgIpc) is 3.04. The van der Waals surface area contributed by atoms with Crippen LogP contribution in [0.15, 0.2) is 24.3 Å². The SMILES string of the molecule is CC(C)c1ccc2cc(C(=O)N(C)[C@@H]3CS(=O)(=O)C[C@H]3O)[nH]c2c1. The Hall–Kier alpha value is -1.86. The molecule has 0 unspecified atom stereocenters. The molecule has 3 rings (SSSR count). The first kappa shape index (κ1) is 17.0. The molecule has 130 valence electrons. The monoisotopic (exact) mass is 350 g/mol. The first-order chi connectivity index (χ1) is 11.2. The lowest BCUT2D eigenvalue weighted by atomic mass is 10.0. The molecule has 0 spiro atoms. The number of hydrogen-bond donors (Lipinski definition) is 2. The predicted octanol–water partition coefficient (Wildman–Crippen LogP) is 1.52. The minimum Gasteiger partial charge on any atom is -0.390 e. The number of nitrogens with zero attached hydrogens (tertiary/aromatic N) is 1. The number of H-pyrrole nitrogens is 1. The molecule has 1 fully saturated rings. The Balaban J connectivity index is 1.88. The summed E-state index contributed by atoms with van der Waals surface area (Å²) in [5.41, 5.74) is 2.44. The molecule has 2 heterocycles. The summed E-state index contributed by atoms with van der Waals surface area (Å²) in [5, 5.41) is 10.9. The molecule has 1 amide bonds. The van der Waals surface area contributed by atoms with Crippen LogP contribution in [-0.4, -0.2) is 60.0 Å². The number of aromatic nitrogens is 1. The zero-order valence-corrected chi connectivity index (χ0v) is 14.8. The fraction of sp³-hybridized carbons (Fsp3) is 0.471. The second kappa shape index (κ2) is 5.89. The average molecular weight is 350 g/mol. The number of fused-ring (bicyclic) bond motifs is 1. The zero-order chi connectivity index (χ0) is 17.6. The van der Waals surface area contributed by atoms with Gasteiger partial charge in [0.25, 0.3) is 5.91 Å². The Morgan fingerprint density at radius 2 is 2.00 bits per heavy atom. The van der Waals surface area contributed by atoms with Crippen LogP contribution >= 0.6 is 0 Å². The third-order valence-electron chi connectivity index (χ3n) is 4.65. The maximum absolute atomic E-state index is 12.7. The normalized spacial score (nSPS) is 23.0. The van der Waals surface area contributed by atoms with Crippen molar-refractivity contribution < 1.29 is 18.3 Å². The lowest BCUT2D eigenvalue weighted by Crippen LogP contribution is -2.44. The van der Waals surface area contributed by atoms with E-state index in [0.717, 1.165) is 10.9 Å². The highest BCUT2D eigenvalue weighted by Gasteiger charge is 2.40. The third kappa shape index (κ3) is 3.06. The Kier molecular flexibility index (Phi) is 4.17. The van der Waals surface area contributed by atoms with Crippen LogP contribution in [0.4, 0.5) is 0 Å². The topological polar surface area (TPSA) is 90.5 Å². The van der Waals surface area contributed by atoms with Gasteiger partial charge in [-0.2, -0.15) is 0 Å². The number of hydrogen-bond acceptors (Lipinski definition) is 4. The molecule has 7 heteroatoms. The second-order valence-electron chi connectivity index (χ2n) is 6.81. The fourth-order valence-electron chi connectivity index (χ4n) is 3.14. The zero-order valence-electron chi connectivity index (χ0n) is 14.0. The van der Waals surface area contributed by atoms with Gasteiger partial charge < -0.3 is 15.0 Å². The smallest absolute Gasteiger partial charge is 0.270 e. The van der Waals surface area contributed by atoms with Crippen molar-refractivity contribution in [2.24, 2.45) is 0 Å². The molecule has 1 aliphatic rings. The number of amides is 1. The van der Waals surface area contributed by atoms with Gasteiger partial charge in [0.05, 0.1) is 23.7 Å². The summed E-state index contributed by atoms with van der Waals surface area (Å²) >= 11 is 0. The van der Waals surface area contributed by atoms with E-state index < -0.39 is 22.0 Å². The van der Waals surface area contributed by atoms with Crippen molar-refractivity contribution in [2.75, 3.05) is 18.6 Å². The van der Waals surface area contributed by atoms with E-state index in [0.29, 0.717) is 11.6 Å². The lowest BCUT2D eigenvalue weighted by molar-refractivity contribution is 0.0577. The number of carbonyl (C=O) groups is 1. The number of aliphatic hydroxyl groups excluding tert-OH is 1. The number of aromatic amines is 1. The van der Waals surface area contributed by atoms with E-state index >= 15 is 0 Å². The van der Waals surface area contributed by atoms with Gasteiger partial charge in [0, 0.05) is 18.0 Å². The molecule has 1 saturated heterocycles. The predicted molar refractivity (Wildman–Crippen MR) is 92.9 cm³/mol. The molecule has 24 heavy (non-hydrogen) atoms. The van der Waals surface area contributed by atoms with Crippen molar-refractivity contribution >= 4 is 26.6 Å². The van der Waals surface area contributed by atoms with E-state index in [1.807, 2.05) is 18.2 Å². The molecule has 2 N–H and O–H groups in total. The van der Waals surface area contributed by atoms with Gasteiger partial charge in [-0.25, -0.2) is 8.42 Å². The van der Waals surface area contributed by atoms with Crippen LogP contribution < -0.4 is 0 Å². The highest BCUT2D eigenvalue weighted by Crippen LogP contribution is 2.24. The standard InChI is InChI=1S/C17H22N2O4S/c1-10(2)11-4-5-12-7-14(18-13(12)6-11)17(21)19(3)15-8-24(22,23)9-16(15)20/h4-7,10,15-16,18,20H,8-9H2,1-3H3/t15-,16-/m1/s1. The molecule has 1 aromatic carbocycles. The Morgan fingerprint density at radius 3 is 2.58 bits per heavy atom. The summed E-state index contributed by atoms with van der Waals surface area (Å²) in [6, 6.07) is 7.07. The number of aliphatic hydroxyl groups is 1. The van der Waals surface area contributed by atoms with E-state index in [-0.39, 0.29) is 17.4 Å². The number of rotatable bonds is 3. The Morgan fingerprint density at radius 1 is 1.29 bits per heavy atom. The highest BCUT2D eigenvalue weighted by atomic mass is 32.2. The molecule has 1 aromatic heterocycles. The van der Waals surface area contributed by atoms with Crippen LogP contribution in [0.3, 0.4) is 0 Å². The minimum absolute atomic E-state index is 0.200. The summed E-state index contributed by atoms with van der Waals surface area (Å²) in [6.07, 6.45) is -1.04. The molecule has 2 aromatic rings. The van der Waals surface area contributed by atoms with Crippen molar-refractivity contribution in [3.8, 4) is 0 Å². The van der Waals surface area contributed by atoms with Crippen molar-refractivity contribution in [1.29, 1.82) is 0 Å². The van der Waals surface area contributed by atoms with Crippen molar-refractivity contribution in [3.05, 3.63) is 35.5 Å². The van der Waals surface area contributed by atoms with Crippen LogP contribution in [0.5, 0.6) is 0 Å². The Labute approximate surface area is 141 Å². The van der Waals surface area contributed by atoms with E-state index in [2.05, 4.69) is 18.8 Å². The van der Waals surface area contributed by atoms with Gasteiger partial charge in [0.1, 0.15) is 5.69 Å². The second-order valence-corrected chi connectivity index (χ2v) is 8.97. The van der Waals surface area contributed by atoms with Gasteiger partial charge in [-0.1, -0.05) is 26.0 Å². The molecule has 1 aliphatic heterocycles. The van der Waals surface area contributed by atoms with Crippen molar-refractivity contribution in [3.63, 3.8) is 0 Å².